The number of ether oxygens (including phenoxy) is 1. The number of rotatable bonds is 3. The number of aromatic hydroxyl groups is 2. The maximum Gasteiger partial charge on any atom is 0.429 e. The van der Waals surface area contributed by atoms with Gasteiger partial charge in [0.2, 0.25) is 6.10 Å². The van der Waals surface area contributed by atoms with Crippen LogP contribution in [0.5, 0.6) is 11.5 Å². The lowest BCUT2D eigenvalue weighted by Crippen LogP contribution is -2.26. The van der Waals surface area contributed by atoms with Crippen molar-refractivity contribution in [2.75, 3.05) is 0 Å². The molecule has 104 valence electrons. The van der Waals surface area contributed by atoms with Crippen molar-refractivity contribution in [3.05, 3.63) is 35.9 Å². The Balaban J connectivity index is 3.14. The molecule has 0 spiro atoms. The Morgan fingerprint density at radius 2 is 1.89 bits per heavy atom. The van der Waals surface area contributed by atoms with Crippen LogP contribution in [0.1, 0.15) is 18.6 Å². The van der Waals surface area contributed by atoms with Crippen LogP contribution in [0.25, 0.3) is 0 Å². The summed E-state index contributed by atoms with van der Waals surface area (Å²) in [5, 5.41) is 18.2. The number of phenols is 2. The van der Waals surface area contributed by atoms with Gasteiger partial charge in [0.05, 0.1) is 0 Å². The SMILES string of the molecule is C=C(C)C(=O)OC(c1ccc(O)c(O)c1)C(F)(F)F. The van der Waals surface area contributed by atoms with E-state index in [2.05, 4.69) is 11.3 Å². The highest BCUT2D eigenvalue weighted by Gasteiger charge is 2.44. The molecule has 0 amide bonds. The highest BCUT2D eigenvalue weighted by molar-refractivity contribution is 5.87. The molecular formula is C12H11F3O4. The van der Waals surface area contributed by atoms with Crippen LogP contribution in [0.3, 0.4) is 0 Å². The molecule has 0 heterocycles. The van der Waals surface area contributed by atoms with E-state index in [1.165, 1.54) is 6.92 Å². The lowest BCUT2D eigenvalue weighted by Gasteiger charge is -2.21. The van der Waals surface area contributed by atoms with Gasteiger partial charge in [0.1, 0.15) is 0 Å². The van der Waals surface area contributed by atoms with Gasteiger partial charge < -0.3 is 14.9 Å². The third-order valence-electron chi connectivity index (χ3n) is 2.17. The Hall–Kier alpha value is -2.18. The van der Waals surface area contributed by atoms with Gasteiger partial charge in [-0.1, -0.05) is 12.6 Å². The van der Waals surface area contributed by atoms with Crippen LogP contribution in [0.4, 0.5) is 13.2 Å². The summed E-state index contributed by atoms with van der Waals surface area (Å²) in [6.45, 7) is 4.40. The Bertz CT molecular complexity index is 508. The van der Waals surface area contributed by atoms with Gasteiger partial charge in [-0.25, -0.2) is 4.79 Å². The third-order valence-corrected chi connectivity index (χ3v) is 2.17. The van der Waals surface area contributed by atoms with Crippen LogP contribution in [0.15, 0.2) is 30.4 Å². The first-order valence-electron chi connectivity index (χ1n) is 5.08. The number of hydrogen-bond donors (Lipinski definition) is 2. The summed E-state index contributed by atoms with van der Waals surface area (Å²) in [5.74, 6) is -2.51. The van der Waals surface area contributed by atoms with E-state index in [0.29, 0.717) is 6.07 Å². The van der Waals surface area contributed by atoms with Crippen molar-refractivity contribution in [3.63, 3.8) is 0 Å². The smallest absolute Gasteiger partial charge is 0.429 e. The van der Waals surface area contributed by atoms with Gasteiger partial charge in [-0.2, -0.15) is 13.2 Å². The molecular weight excluding hydrogens is 265 g/mol. The van der Waals surface area contributed by atoms with Crippen molar-refractivity contribution < 1.29 is 32.9 Å². The second kappa shape index (κ2) is 5.21. The highest BCUT2D eigenvalue weighted by Crippen LogP contribution is 2.39. The summed E-state index contributed by atoms with van der Waals surface area (Å²) in [7, 11) is 0. The highest BCUT2D eigenvalue weighted by atomic mass is 19.4. The molecule has 0 fully saturated rings. The molecule has 0 saturated heterocycles. The normalized spacial score (nSPS) is 12.8. The van der Waals surface area contributed by atoms with Crippen molar-refractivity contribution in [1.82, 2.24) is 0 Å². The van der Waals surface area contributed by atoms with Crippen LogP contribution < -0.4 is 0 Å². The van der Waals surface area contributed by atoms with E-state index >= 15 is 0 Å². The molecule has 2 N–H and O–H groups in total. The number of phenolic OH excluding ortho intramolecular Hbond substituents is 2. The number of hydrogen-bond acceptors (Lipinski definition) is 4. The molecule has 1 aromatic carbocycles. The number of carbonyl (C=O) groups excluding carboxylic acids is 1. The topological polar surface area (TPSA) is 66.8 Å². The maximum atomic E-state index is 12.8. The Labute approximate surface area is 106 Å². The molecule has 0 aliphatic rings. The zero-order chi connectivity index (χ0) is 14.8. The summed E-state index contributed by atoms with van der Waals surface area (Å²) in [6.07, 6.45) is -7.39. The molecule has 7 heteroatoms. The molecule has 1 rings (SSSR count). The molecule has 1 unspecified atom stereocenters. The number of esters is 1. The van der Waals surface area contributed by atoms with E-state index in [1.807, 2.05) is 0 Å². The fourth-order valence-electron chi connectivity index (χ4n) is 1.24. The lowest BCUT2D eigenvalue weighted by atomic mass is 10.1. The van der Waals surface area contributed by atoms with Crippen LogP contribution in [-0.2, 0) is 9.53 Å². The summed E-state index contributed by atoms with van der Waals surface area (Å²) in [4.78, 5) is 11.2. The summed E-state index contributed by atoms with van der Waals surface area (Å²) in [6, 6.07) is 2.45. The average Bonchev–Trinajstić information content (AvgIpc) is 2.27. The van der Waals surface area contributed by atoms with E-state index in [-0.39, 0.29) is 5.57 Å². The van der Waals surface area contributed by atoms with E-state index in [0.717, 1.165) is 12.1 Å². The molecule has 4 nitrogen and oxygen atoms in total. The number of alkyl halides is 3. The molecule has 0 bridgehead atoms. The van der Waals surface area contributed by atoms with Crippen LogP contribution in [0.2, 0.25) is 0 Å². The molecule has 1 aromatic rings. The average molecular weight is 276 g/mol. The monoisotopic (exact) mass is 276 g/mol. The van der Waals surface area contributed by atoms with E-state index < -0.39 is 35.3 Å². The molecule has 1 atom stereocenters. The van der Waals surface area contributed by atoms with Gasteiger partial charge >= 0.3 is 12.1 Å². The van der Waals surface area contributed by atoms with Crippen LogP contribution in [0, 0.1) is 0 Å². The number of carbonyl (C=O) groups is 1. The van der Waals surface area contributed by atoms with E-state index in [4.69, 9.17) is 5.11 Å². The Kier molecular flexibility index (Phi) is 4.08. The first kappa shape index (κ1) is 14.9. The standard InChI is InChI=1S/C12H11F3O4/c1-6(2)11(18)19-10(12(13,14)15)7-3-4-8(16)9(17)5-7/h3-5,10,16-17H,1H2,2H3. The van der Waals surface area contributed by atoms with E-state index in [1.54, 1.807) is 0 Å². The summed E-state index contributed by atoms with van der Waals surface area (Å²) >= 11 is 0. The number of benzene rings is 1. The van der Waals surface area contributed by atoms with Crippen molar-refractivity contribution in [3.8, 4) is 11.5 Å². The first-order chi connectivity index (χ1) is 8.62. The molecule has 0 aliphatic carbocycles. The maximum absolute atomic E-state index is 12.8. The van der Waals surface area contributed by atoms with Crippen molar-refractivity contribution >= 4 is 5.97 Å². The summed E-state index contributed by atoms with van der Waals surface area (Å²) in [5.41, 5.74) is -0.686. The molecule has 0 aromatic heterocycles. The van der Waals surface area contributed by atoms with Gasteiger partial charge in [0.15, 0.2) is 11.5 Å². The molecule has 19 heavy (non-hydrogen) atoms. The fourth-order valence-corrected chi connectivity index (χ4v) is 1.24. The molecule has 0 saturated carbocycles. The predicted octanol–water partition coefficient (Wildman–Crippen LogP) is 2.82. The predicted molar refractivity (Wildman–Crippen MR) is 59.5 cm³/mol. The summed E-state index contributed by atoms with van der Waals surface area (Å²) < 4.78 is 42.7. The second-order valence-corrected chi connectivity index (χ2v) is 3.86. The Morgan fingerprint density at radius 1 is 1.32 bits per heavy atom. The van der Waals surface area contributed by atoms with Gasteiger partial charge in [-0.15, -0.1) is 0 Å². The van der Waals surface area contributed by atoms with Gasteiger partial charge in [0.25, 0.3) is 0 Å². The van der Waals surface area contributed by atoms with Gasteiger partial charge in [0, 0.05) is 11.1 Å². The zero-order valence-corrected chi connectivity index (χ0v) is 9.86. The molecule has 0 aliphatic heterocycles. The number of halogens is 3. The van der Waals surface area contributed by atoms with Crippen LogP contribution in [-0.4, -0.2) is 22.4 Å². The minimum Gasteiger partial charge on any atom is -0.504 e. The van der Waals surface area contributed by atoms with Gasteiger partial charge in [-0.3, -0.25) is 0 Å². The second-order valence-electron chi connectivity index (χ2n) is 3.86. The largest absolute Gasteiger partial charge is 0.504 e. The minimum absolute atomic E-state index is 0.183. The first-order valence-corrected chi connectivity index (χ1v) is 5.08. The third kappa shape index (κ3) is 3.64. The zero-order valence-electron chi connectivity index (χ0n) is 9.86. The van der Waals surface area contributed by atoms with E-state index in [9.17, 15) is 23.1 Å². The molecule has 0 radical (unpaired) electrons. The quantitative estimate of drug-likeness (QED) is 0.506. The van der Waals surface area contributed by atoms with Gasteiger partial charge in [-0.05, 0) is 19.1 Å². The Morgan fingerprint density at radius 3 is 2.32 bits per heavy atom. The van der Waals surface area contributed by atoms with Crippen LogP contribution >= 0.6 is 0 Å². The van der Waals surface area contributed by atoms with Crippen molar-refractivity contribution in [2.45, 2.75) is 19.2 Å². The van der Waals surface area contributed by atoms with Crippen molar-refractivity contribution in [1.29, 1.82) is 0 Å². The lowest BCUT2D eigenvalue weighted by molar-refractivity contribution is -0.221. The fraction of sp³-hybridized carbons (Fsp3) is 0.250. The minimum atomic E-state index is -4.85. The van der Waals surface area contributed by atoms with Crippen molar-refractivity contribution in [2.24, 2.45) is 0 Å².